The van der Waals surface area contributed by atoms with Crippen LogP contribution in [0.5, 0.6) is 5.88 Å². The quantitative estimate of drug-likeness (QED) is 0.639. The maximum absolute atomic E-state index is 12.2. The number of hydrogen-bond acceptors (Lipinski definition) is 4. The molecule has 0 spiro atoms. The molecule has 26 heavy (non-hydrogen) atoms. The number of aromatic nitrogens is 1. The minimum atomic E-state index is -0.248. The van der Waals surface area contributed by atoms with Crippen LogP contribution in [0.25, 0.3) is 0 Å². The number of carbonyl (C=O) groups excluding carboxylic acids is 1. The molecular weight excluding hydrogens is 346 g/mol. The van der Waals surface area contributed by atoms with E-state index in [1.807, 2.05) is 49.9 Å². The van der Waals surface area contributed by atoms with E-state index in [4.69, 9.17) is 4.74 Å². The minimum absolute atomic E-state index is 0.248. The number of urea groups is 1. The molecule has 0 aliphatic heterocycles. The molecule has 1 aromatic carbocycles. The van der Waals surface area contributed by atoms with Crippen molar-refractivity contribution in [3.63, 3.8) is 0 Å². The Hall–Kier alpha value is -2.21. The number of rotatable bonds is 8. The summed E-state index contributed by atoms with van der Waals surface area (Å²) in [5.41, 5.74) is 2.71. The molecule has 2 aromatic rings. The zero-order valence-electron chi connectivity index (χ0n) is 15.8. The number of aryl methyl sites for hydroxylation is 1. The normalized spacial score (nSPS) is 11.7. The van der Waals surface area contributed by atoms with Crippen LogP contribution in [0, 0.1) is 6.92 Å². The largest absolute Gasteiger partial charge is 0.478 e. The summed E-state index contributed by atoms with van der Waals surface area (Å²) < 4.78 is 5.48. The monoisotopic (exact) mass is 373 g/mol. The van der Waals surface area contributed by atoms with Crippen LogP contribution in [0.1, 0.15) is 38.3 Å². The highest BCUT2D eigenvalue weighted by atomic mass is 32.2. The number of pyridine rings is 1. The van der Waals surface area contributed by atoms with Gasteiger partial charge in [0.1, 0.15) is 0 Å². The van der Waals surface area contributed by atoms with Crippen molar-refractivity contribution >= 4 is 23.5 Å². The molecule has 5 nitrogen and oxygen atoms in total. The molecule has 0 aliphatic rings. The molecule has 1 atom stereocenters. The predicted molar refractivity (Wildman–Crippen MR) is 108 cm³/mol. The van der Waals surface area contributed by atoms with Gasteiger partial charge in [-0.2, -0.15) is 0 Å². The van der Waals surface area contributed by atoms with Crippen LogP contribution in [-0.4, -0.2) is 22.9 Å². The molecule has 1 aromatic heterocycles. The molecule has 1 heterocycles. The lowest BCUT2D eigenvalue weighted by Gasteiger charge is -2.13. The topological polar surface area (TPSA) is 63.2 Å². The number of hydrogen-bond donors (Lipinski definition) is 2. The summed E-state index contributed by atoms with van der Waals surface area (Å²) in [5, 5.41) is 6.34. The van der Waals surface area contributed by atoms with Gasteiger partial charge in [-0.3, -0.25) is 0 Å². The second kappa shape index (κ2) is 10.1. The standard InChI is InChI=1S/C20H27N3O2S/c1-5-15(4)26-17-9-10-18(14(3)12-17)23-20(24)22-13-16-8-7-11-21-19(16)25-6-2/h7-12,15H,5-6,13H2,1-4H3,(H2,22,23,24). The summed E-state index contributed by atoms with van der Waals surface area (Å²) in [7, 11) is 0. The van der Waals surface area contributed by atoms with E-state index < -0.39 is 0 Å². The lowest BCUT2D eigenvalue weighted by molar-refractivity contribution is 0.251. The Bertz CT molecular complexity index is 737. The van der Waals surface area contributed by atoms with Crippen molar-refractivity contribution in [3.8, 4) is 5.88 Å². The van der Waals surface area contributed by atoms with Crippen molar-refractivity contribution in [2.75, 3.05) is 11.9 Å². The lowest BCUT2D eigenvalue weighted by Crippen LogP contribution is -2.28. The Morgan fingerprint density at radius 3 is 2.81 bits per heavy atom. The van der Waals surface area contributed by atoms with Gasteiger partial charge in [0, 0.05) is 34.1 Å². The smallest absolute Gasteiger partial charge is 0.319 e. The highest BCUT2D eigenvalue weighted by Crippen LogP contribution is 2.28. The predicted octanol–water partition coefficient (Wildman–Crippen LogP) is 5.00. The van der Waals surface area contributed by atoms with E-state index in [0.717, 1.165) is 23.2 Å². The SMILES string of the molecule is CCOc1ncccc1CNC(=O)Nc1ccc(SC(C)CC)cc1C. The third-order valence-corrected chi connectivity index (χ3v) is 5.19. The maximum Gasteiger partial charge on any atom is 0.319 e. The molecule has 0 saturated heterocycles. The molecule has 0 fully saturated rings. The van der Waals surface area contributed by atoms with Gasteiger partial charge < -0.3 is 15.4 Å². The van der Waals surface area contributed by atoms with Gasteiger partial charge in [-0.05, 0) is 50.1 Å². The Labute approximate surface area is 159 Å². The van der Waals surface area contributed by atoms with Crippen molar-refractivity contribution < 1.29 is 9.53 Å². The number of nitrogens with zero attached hydrogens (tertiary/aromatic N) is 1. The van der Waals surface area contributed by atoms with Crippen LogP contribution in [0.15, 0.2) is 41.4 Å². The third kappa shape index (κ3) is 5.95. The minimum Gasteiger partial charge on any atom is -0.478 e. The fraction of sp³-hybridized carbons (Fsp3) is 0.400. The second-order valence-electron chi connectivity index (χ2n) is 6.02. The Morgan fingerprint density at radius 2 is 2.12 bits per heavy atom. The molecule has 2 N–H and O–H groups in total. The Kier molecular flexibility index (Phi) is 7.78. The number of ether oxygens (including phenoxy) is 1. The van der Waals surface area contributed by atoms with Gasteiger partial charge in [-0.1, -0.05) is 19.9 Å². The average molecular weight is 374 g/mol. The summed E-state index contributed by atoms with van der Waals surface area (Å²) in [6.45, 7) is 9.21. The van der Waals surface area contributed by atoms with Crippen molar-refractivity contribution in [2.24, 2.45) is 0 Å². The van der Waals surface area contributed by atoms with E-state index in [-0.39, 0.29) is 6.03 Å². The van der Waals surface area contributed by atoms with Gasteiger partial charge in [0.05, 0.1) is 6.61 Å². The van der Waals surface area contributed by atoms with Crippen molar-refractivity contribution in [1.29, 1.82) is 0 Å². The van der Waals surface area contributed by atoms with Crippen LogP contribution in [0.2, 0.25) is 0 Å². The second-order valence-corrected chi connectivity index (χ2v) is 7.53. The van der Waals surface area contributed by atoms with Gasteiger partial charge in [0.25, 0.3) is 0 Å². The van der Waals surface area contributed by atoms with Gasteiger partial charge in [-0.15, -0.1) is 11.8 Å². The summed E-state index contributed by atoms with van der Waals surface area (Å²) >= 11 is 1.85. The summed E-state index contributed by atoms with van der Waals surface area (Å²) in [6.07, 6.45) is 2.81. The van der Waals surface area contributed by atoms with Crippen LogP contribution in [0.3, 0.4) is 0 Å². The van der Waals surface area contributed by atoms with E-state index >= 15 is 0 Å². The number of thioether (sulfide) groups is 1. The molecule has 1 unspecified atom stereocenters. The third-order valence-electron chi connectivity index (χ3n) is 3.93. The Balaban J connectivity index is 1.94. The van der Waals surface area contributed by atoms with E-state index in [0.29, 0.717) is 24.3 Å². The average Bonchev–Trinajstić information content (AvgIpc) is 2.63. The molecule has 140 valence electrons. The first-order valence-corrected chi connectivity index (χ1v) is 9.80. The number of anilines is 1. The molecule has 0 aliphatic carbocycles. The van der Waals surface area contributed by atoms with Gasteiger partial charge in [0.2, 0.25) is 5.88 Å². The number of nitrogens with one attached hydrogen (secondary N) is 2. The van der Waals surface area contributed by atoms with E-state index in [2.05, 4.69) is 35.5 Å². The van der Waals surface area contributed by atoms with Crippen molar-refractivity contribution in [1.82, 2.24) is 10.3 Å². The fourth-order valence-electron chi connectivity index (χ4n) is 2.33. The van der Waals surface area contributed by atoms with Crippen LogP contribution >= 0.6 is 11.8 Å². The van der Waals surface area contributed by atoms with E-state index in [1.54, 1.807) is 6.20 Å². The summed E-state index contributed by atoms with van der Waals surface area (Å²) in [5.74, 6) is 0.554. The molecule has 0 saturated carbocycles. The molecule has 0 bridgehead atoms. The van der Waals surface area contributed by atoms with Crippen molar-refractivity contribution in [3.05, 3.63) is 47.7 Å². The highest BCUT2D eigenvalue weighted by molar-refractivity contribution is 7.99. The first-order chi connectivity index (χ1) is 12.5. The zero-order chi connectivity index (χ0) is 18.9. The zero-order valence-corrected chi connectivity index (χ0v) is 16.7. The van der Waals surface area contributed by atoms with Gasteiger partial charge >= 0.3 is 6.03 Å². The van der Waals surface area contributed by atoms with Crippen LogP contribution in [-0.2, 0) is 6.54 Å². The molecular formula is C20H27N3O2S. The molecule has 2 amide bonds. The summed E-state index contributed by atoms with van der Waals surface area (Å²) in [6, 6.07) is 9.59. The molecule has 2 rings (SSSR count). The van der Waals surface area contributed by atoms with E-state index in [9.17, 15) is 4.79 Å². The molecule has 6 heteroatoms. The number of carbonyl (C=O) groups is 1. The van der Waals surface area contributed by atoms with Crippen LogP contribution < -0.4 is 15.4 Å². The highest BCUT2D eigenvalue weighted by Gasteiger charge is 2.09. The number of benzene rings is 1. The molecule has 0 radical (unpaired) electrons. The first-order valence-electron chi connectivity index (χ1n) is 8.92. The van der Waals surface area contributed by atoms with Gasteiger partial charge in [0.15, 0.2) is 0 Å². The maximum atomic E-state index is 12.2. The lowest BCUT2D eigenvalue weighted by atomic mass is 10.2. The fourth-order valence-corrected chi connectivity index (χ4v) is 3.36. The van der Waals surface area contributed by atoms with E-state index in [1.165, 1.54) is 4.90 Å². The van der Waals surface area contributed by atoms with Crippen molar-refractivity contribution in [2.45, 2.75) is 50.8 Å². The van der Waals surface area contributed by atoms with Gasteiger partial charge in [-0.25, -0.2) is 9.78 Å². The summed E-state index contributed by atoms with van der Waals surface area (Å²) in [4.78, 5) is 17.6. The number of amides is 2. The first kappa shape index (κ1) is 20.1. The van der Waals surface area contributed by atoms with Crippen LogP contribution in [0.4, 0.5) is 10.5 Å². The Morgan fingerprint density at radius 1 is 1.31 bits per heavy atom.